The molecule has 82 valence electrons. The van der Waals surface area contributed by atoms with Crippen LogP contribution in [0.3, 0.4) is 0 Å². The lowest BCUT2D eigenvalue weighted by molar-refractivity contribution is 0.315. The quantitative estimate of drug-likeness (QED) is 0.233. The summed E-state index contributed by atoms with van der Waals surface area (Å²) in [5.74, 6) is 1.30. The Hall–Kier alpha value is -1.17. The maximum Gasteiger partial charge on any atom is 0.165 e. The van der Waals surface area contributed by atoms with Gasteiger partial charge in [-0.3, -0.25) is 0 Å². The Bertz CT molecular complexity index is 345. The molecular formula is C9H14N4OS. The molecule has 1 aliphatic rings. The zero-order valence-electron chi connectivity index (χ0n) is 8.31. The maximum absolute atomic E-state index is 8.52. The van der Waals surface area contributed by atoms with Gasteiger partial charge >= 0.3 is 0 Å². The number of hydrogen-bond donors (Lipinski definition) is 3. The van der Waals surface area contributed by atoms with Crippen LogP contribution in [0.5, 0.6) is 0 Å². The van der Waals surface area contributed by atoms with E-state index in [4.69, 9.17) is 10.9 Å². The van der Waals surface area contributed by atoms with Crippen molar-refractivity contribution in [1.82, 2.24) is 9.97 Å². The fourth-order valence-electron chi connectivity index (χ4n) is 1.52. The summed E-state index contributed by atoms with van der Waals surface area (Å²) in [6.45, 7) is 0. The summed E-state index contributed by atoms with van der Waals surface area (Å²) >= 11 is 1.69. The highest BCUT2D eigenvalue weighted by molar-refractivity contribution is 7.99. The molecule has 1 aromatic rings. The van der Waals surface area contributed by atoms with Crippen LogP contribution in [0.1, 0.15) is 19.3 Å². The number of nitrogens with one attached hydrogen (secondary N) is 1. The van der Waals surface area contributed by atoms with Crippen molar-refractivity contribution in [3.63, 3.8) is 0 Å². The van der Waals surface area contributed by atoms with Gasteiger partial charge in [-0.1, -0.05) is 16.9 Å². The second kappa shape index (κ2) is 4.14. The monoisotopic (exact) mass is 226 g/mol. The molecule has 2 rings (SSSR count). The van der Waals surface area contributed by atoms with Gasteiger partial charge in [0.25, 0.3) is 0 Å². The summed E-state index contributed by atoms with van der Waals surface area (Å²) in [4.78, 5) is 7.19. The molecule has 1 fully saturated rings. The molecule has 6 heteroatoms. The lowest BCUT2D eigenvalue weighted by Crippen LogP contribution is -2.19. The van der Waals surface area contributed by atoms with E-state index in [0.717, 1.165) is 23.8 Å². The van der Waals surface area contributed by atoms with Gasteiger partial charge in [0, 0.05) is 24.6 Å². The highest BCUT2D eigenvalue weighted by Crippen LogP contribution is 2.51. The number of H-pyrrole nitrogens is 1. The molecule has 0 atom stereocenters. The molecule has 15 heavy (non-hydrogen) atoms. The summed E-state index contributed by atoms with van der Waals surface area (Å²) in [6, 6.07) is 0. The Labute approximate surface area is 92.2 Å². The molecule has 0 aromatic carbocycles. The molecule has 0 saturated heterocycles. The molecule has 0 unspecified atom stereocenters. The van der Waals surface area contributed by atoms with Gasteiger partial charge in [-0.15, -0.1) is 0 Å². The van der Waals surface area contributed by atoms with Gasteiger partial charge in [-0.2, -0.15) is 0 Å². The van der Waals surface area contributed by atoms with Crippen molar-refractivity contribution in [2.24, 2.45) is 16.3 Å². The number of aromatic nitrogens is 2. The van der Waals surface area contributed by atoms with Gasteiger partial charge in [0.15, 0.2) is 5.16 Å². The maximum atomic E-state index is 8.52. The van der Waals surface area contributed by atoms with Crippen molar-refractivity contribution in [2.75, 3.05) is 5.75 Å². The minimum atomic E-state index is 0.230. The molecule has 0 radical (unpaired) electrons. The van der Waals surface area contributed by atoms with Crippen LogP contribution < -0.4 is 5.73 Å². The Morgan fingerprint density at radius 1 is 1.73 bits per heavy atom. The smallest absolute Gasteiger partial charge is 0.165 e. The van der Waals surface area contributed by atoms with Crippen LogP contribution in [-0.2, 0) is 0 Å². The molecule has 4 N–H and O–H groups in total. The van der Waals surface area contributed by atoms with Crippen LogP contribution in [-0.4, -0.2) is 26.8 Å². The molecule has 0 spiro atoms. The Balaban J connectivity index is 1.84. The molecule has 5 nitrogen and oxygen atoms in total. The third-order valence-electron chi connectivity index (χ3n) is 2.63. The lowest BCUT2D eigenvalue weighted by Gasteiger charge is -2.11. The first-order valence-electron chi connectivity index (χ1n) is 4.83. The van der Waals surface area contributed by atoms with Crippen LogP contribution in [0.2, 0.25) is 0 Å². The van der Waals surface area contributed by atoms with Gasteiger partial charge < -0.3 is 15.9 Å². The van der Waals surface area contributed by atoms with Crippen molar-refractivity contribution >= 4 is 17.6 Å². The van der Waals surface area contributed by atoms with Gasteiger partial charge in [0.2, 0.25) is 0 Å². The second-order valence-electron chi connectivity index (χ2n) is 3.95. The average molecular weight is 226 g/mol. The number of hydrogen-bond acceptors (Lipinski definition) is 4. The largest absolute Gasteiger partial charge is 0.409 e. The summed E-state index contributed by atoms with van der Waals surface area (Å²) in [5.41, 5.74) is 5.75. The number of oxime groups is 1. The van der Waals surface area contributed by atoms with E-state index in [1.54, 1.807) is 18.0 Å². The first-order valence-corrected chi connectivity index (χ1v) is 5.81. The average Bonchev–Trinajstić information content (AvgIpc) is 2.81. The molecule has 1 aromatic heterocycles. The highest BCUT2D eigenvalue weighted by Gasteiger charge is 2.43. The Morgan fingerprint density at radius 3 is 3.07 bits per heavy atom. The molecular weight excluding hydrogens is 212 g/mol. The molecule has 0 bridgehead atoms. The number of amidine groups is 1. The van der Waals surface area contributed by atoms with E-state index >= 15 is 0 Å². The topological polar surface area (TPSA) is 87.3 Å². The van der Waals surface area contributed by atoms with Crippen molar-refractivity contribution in [3.05, 3.63) is 12.4 Å². The fourth-order valence-corrected chi connectivity index (χ4v) is 2.64. The molecule has 1 aliphatic carbocycles. The van der Waals surface area contributed by atoms with Crippen LogP contribution in [0.25, 0.3) is 0 Å². The Kier molecular flexibility index (Phi) is 2.86. The van der Waals surface area contributed by atoms with Crippen LogP contribution in [0.15, 0.2) is 22.7 Å². The van der Waals surface area contributed by atoms with Gasteiger partial charge in [-0.05, 0) is 18.3 Å². The Morgan fingerprint density at radius 2 is 2.53 bits per heavy atom. The van der Waals surface area contributed by atoms with Crippen molar-refractivity contribution in [2.45, 2.75) is 24.4 Å². The van der Waals surface area contributed by atoms with E-state index in [1.165, 1.54) is 0 Å². The fraction of sp³-hybridized carbons (Fsp3) is 0.556. The second-order valence-corrected chi connectivity index (χ2v) is 4.92. The molecule has 0 aliphatic heterocycles. The van der Waals surface area contributed by atoms with Crippen LogP contribution in [0, 0.1) is 5.41 Å². The predicted octanol–water partition coefficient (Wildman–Crippen LogP) is 1.42. The van der Waals surface area contributed by atoms with E-state index in [1.807, 2.05) is 6.20 Å². The van der Waals surface area contributed by atoms with Crippen molar-refractivity contribution < 1.29 is 5.21 Å². The normalized spacial score (nSPS) is 19.1. The van der Waals surface area contributed by atoms with Gasteiger partial charge in [-0.25, -0.2) is 4.98 Å². The number of rotatable bonds is 5. The van der Waals surface area contributed by atoms with Crippen LogP contribution >= 0.6 is 11.8 Å². The predicted molar refractivity (Wildman–Crippen MR) is 59.0 cm³/mol. The summed E-state index contributed by atoms with van der Waals surface area (Å²) in [6.07, 6.45) is 6.53. The minimum absolute atomic E-state index is 0.230. The lowest BCUT2D eigenvalue weighted by atomic mass is 10.1. The SMILES string of the molecule is N/C(CC1(CSc2ncc[nH]2)CC1)=N/O. The molecule has 0 amide bonds. The third-order valence-corrected chi connectivity index (χ3v) is 3.88. The molecule has 1 saturated carbocycles. The van der Waals surface area contributed by atoms with E-state index < -0.39 is 0 Å². The number of imidazole rings is 1. The summed E-state index contributed by atoms with van der Waals surface area (Å²) < 4.78 is 0. The zero-order chi connectivity index (χ0) is 10.7. The summed E-state index contributed by atoms with van der Waals surface area (Å²) in [5, 5.41) is 12.5. The van der Waals surface area contributed by atoms with E-state index in [9.17, 15) is 0 Å². The number of thioether (sulfide) groups is 1. The van der Waals surface area contributed by atoms with Crippen molar-refractivity contribution in [3.8, 4) is 0 Å². The first-order chi connectivity index (χ1) is 7.24. The summed E-state index contributed by atoms with van der Waals surface area (Å²) in [7, 11) is 0. The standard InChI is InChI=1S/C9H14N4OS/c10-7(13-14)5-9(1-2-9)6-15-8-11-3-4-12-8/h3-4,14H,1-2,5-6H2,(H2,10,13)(H,11,12). The van der Waals surface area contributed by atoms with E-state index in [-0.39, 0.29) is 5.41 Å². The van der Waals surface area contributed by atoms with Gasteiger partial charge in [0.05, 0.1) is 0 Å². The zero-order valence-corrected chi connectivity index (χ0v) is 9.13. The van der Waals surface area contributed by atoms with Crippen LogP contribution in [0.4, 0.5) is 0 Å². The number of nitrogens with two attached hydrogens (primary N) is 1. The van der Waals surface area contributed by atoms with E-state index in [0.29, 0.717) is 12.3 Å². The molecule has 1 heterocycles. The first kappa shape index (κ1) is 10.4. The third kappa shape index (κ3) is 2.65. The van der Waals surface area contributed by atoms with Crippen molar-refractivity contribution in [1.29, 1.82) is 0 Å². The highest BCUT2D eigenvalue weighted by atomic mass is 32.2. The number of aromatic amines is 1. The minimum Gasteiger partial charge on any atom is -0.409 e. The number of nitrogens with zero attached hydrogens (tertiary/aromatic N) is 2. The van der Waals surface area contributed by atoms with E-state index in [2.05, 4.69) is 15.1 Å². The van der Waals surface area contributed by atoms with Gasteiger partial charge in [0.1, 0.15) is 5.84 Å².